The Morgan fingerprint density at radius 3 is 2.67 bits per heavy atom. The fourth-order valence-electron chi connectivity index (χ4n) is 1.94. The second-order valence-corrected chi connectivity index (χ2v) is 4.68. The van der Waals surface area contributed by atoms with Crippen molar-refractivity contribution in [3.63, 3.8) is 0 Å². The van der Waals surface area contributed by atoms with Gasteiger partial charge in [0.2, 0.25) is 0 Å². The first-order valence-corrected chi connectivity index (χ1v) is 6.15. The Morgan fingerprint density at radius 2 is 2.13 bits per heavy atom. The lowest BCUT2D eigenvalue weighted by Gasteiger charge is -2.31. The van der Waals surface area contributed by atoms with E-state index in [1.165, 1.54) is 19.3 Å². The normalized spacial score (nSPS) is 21.1. The van der Waals surface area contributed by atoms with Crippen LogP contribution >= 0.6 is 0 Å². The summed E-state index contributed by atoms with van der Waals surface area (Å²) in [6.45, 7) is 8.85. The van der Waals surface area contributed by atoms with Gasteiger partial charge in [-0.3, -0.25) is 4.90 Å². The summed E-state index contributed by atoms with van der Waals surface area (Å²) in [7, 11) is 0. The largest absolute Gasteiger partial charge is 0.314 e. The molecule has 1 saturated heterocycles. The van der Waals surface area contributed by atoms with Crippen LogP contribution in [0.5, 0.6) is 0 Å². The first kappa shape index (κ1) is 12.5. The average Bonchev–Trinajstić information content (AvgIpc) is 2.28. The molecule has 15 heavy (non-hydrogen) atoms. The van der Waals surface area contributed by atoms with E-state index in [0.29, 0.717) is 6.04 Å². The number of hydrogen-bond acceptors (Lipinski definition) is 2. The van der Waals surface area contributed by atoms with Crippen LogP contribution in [0.1, 0.15) is 33.1 Å². The van der Waals surface area contributed by atoms with Crippen LogP contribution in [0.15, 0.2) is 0 Å². The van der Waals surface area contributed by atoms with Gasteiger partial charge in [0.25, 0.3) is 0 Å². The summed E-state index contributed by atoms with van der Waals surface area (Å²) in [6.07, 6.45) is 9.07. The van der Waals surface area contributed by atoms with Gasteiger partial charge >= 0.3 is 0 Å². The van der Waals surface area contributed by atoms with Crippen LogP contribution < -0.4 is 5.32 Å². The molecular formula is C13H24N2. The molecule has 1 N–H and O–H groups in total. The highest BCUT2D eigenvalue weighted by Crippen LogP contribution is 2.10. The zero-order valence-corrected chi connectivity index (χ0v) is 10.1. The number of piperidine rings is 1. The molecule has 0 saturated carbocycles. The van der Waals surface area contributed by atoms with E-state index in [1.807, 2.05) is 0 Å². The van der Waals surface area contributed by atoms with Crippen LogP contribution in [0.4, 0.5) is 0 Å². The average molecular weight is 208 g/mol. The third kappa shape index (κ3) is 4.68. The molecule has 1 aliphatic heterocycles. The summed E-state index contributed by atoms with van der Waals surface area (Å²) in [5, 5.41) is 3.66. The summed E-state index contributed by atoms with van der Waals surface area (Å²) >= 11 is 0. The lowest BCUT2D eigenvalue weighted by molar-refractivity contribution is 0.214. The van der Waals surface area contributed by atoms with E-state index in [-0.39, 0.29) is 0 Å². The van der Waals surface area contributed by atoms with Crippen molar-refractivity contribution in [1.82, 2.24) is 10.2 Å². The van der Waals surface area contributed by atoms with E-state index in [0.717, 1.165) is 32.1 Å². The van der Waals surface area contributed by atoms with Gasteiger partial charge in [-0.2, -0.15) is 0 Å². The third-order valence-electron chi connectivity index (χ3n) is 3.35. The second-order valence-electron chi connectivity index (χ2n) is 4.68. The van der Waals surface area contributed by atoms with Gasteiger partial charge in [0, 0.05) is 19.1 Å². The topological polar surface area (TPSA) is 15.3 Å². The molecule has 86 valence electrons. The lowest BCUT2D eigenvalue weighted by Crippen LogP contribution is -2.43. The molecule has 0 spiro atoms. The molecule has 1 fully saturated rings. The van der Waals surface area contributed by atoms with Gasteiger partial charge in [-0.25, -0.2) is 0 Å². The van der Waals surface area contributed by atoms with Gasteiger partial charge < -0.3 is 5.32 Å². The predicted octanol–water partition coefficient (Wildman–Crippen LogP) is 1.72. The molecular weight excluding hydrogens is 184 g/mol. The van der Waals surface area contributed by atoms with E-state index in [2.05, 4.69) is 30.0 Å². The van der Waals surface area contributed by atoms with Crippen molar-refractivity contribution in [2.24, 2.45) is 5.92 Å². The Kier molecular flexibility index (Phi) is 5.75. The molecule has 1 rings (SSSR count). The number of hydrogen-bond donors (Lipinski definition) is 1. The molecule has 2 nitrogen and oxygen atoms in total. The van der Waals surface area contributed by atoms with Gasteiger partial charge in [0.05, 0.1) is 6.54 Å². The van der Waals surface area contributed by atoms with E-state index in [1.54, 1.807) is 0 Å². The van der Waals surface area contributed by atoms with Crippen molar-refractivity contribution < 1.29 is 0 Å². The van der Waals surface area contributed by atoms with Crippen LogP contribution in [0.3, 0.4) is 0 Å². The van der Waals surface area contributed by atoms with Crippen LogP contribution in [-0.2, 0) is 0 Å². The van der Waals surface area contributed by atoms with E-state index in [9.17, 15) is 0 Å². The van der Waals surface area contributed by atoms with Crippen molar-refractivity contribution in [1.29, 1.82) is 0 Å². The Balaban J connectivity index is 2.12. The summed E-state index contributed by atoms with van der Waals surface area (Å²) in [4.78, 5) is 2.36. The van der Waals surface area contributed by atoms with Crippen LogP contribution in [0, 0.1) is 18.3 Å². The van der Waals surface area contributed by atoms with E-state index in [4.69, 9.17) is 6.42 Å². The zero-order valence-electron chi connectivity index (χ0n) is 10.1. The van der Waals surface area contributed by atoms with Gasteiger partial charge in [0.15, 0.2) is 0 Å². The number of likely N-dealkylation sites (tertiary alicyclic amines) is 1. The summed E-state index contributed by atoms with van der Waals surface area (Å²) in [5.74, 6) is 3.52. The quantitative estimate of drug-likeness (QED) is 0.692. The fraction of sp³-hybridized carbons (Fsp3) is 0.846. The van der Waals surface area contributed by atoms with Crippen molar-refractivity contribution in [2.45, 2.75) is 39.2 Å². The number of nitrogens with one attached hydrogen (secondary N) is 1. The minimum absolute atomic E-state index is 0.716. The smallest absolute Gasteiger partial charge is 0.0598 e. The number of terminal acetylenes is 1. The Morgan fingerprint density at radius 1 is 1.47 bits per heavy atom. The highest BCUT2D eigenvalue weighted by atomic mass is 15.1. The van der Waals surface area contributed by atoms with Gasteiger partial charge in [-0.15, -0.1) is 6.42 Å². The van der Waals surface area contributed by atoms with Gasteiger partial charge in [-0.05, 0) is 25.3 Å². The molecule has 0 aromatic rings. The maximum Gasteiger partial charge on any atom is 0.0598 e. The lowest BCUT2D eigenvalue weighted by atomic mass is 10.0. The molecule has 0 amide bonds. The molecule has 1 aliphatic rings. The SMILES string of the molecule is C#CCN1CCC(NCC(C)CC)CC1. The van der Waals surface area contributed by atoms with Crippen LogP contribution in [0.25, 0.3) is 0 Å². The molecule has 1 unspecified atom stereocenters. The molecule has 0 aromatic heterocycles. The van der Waals surface area contributed by atoms with E-state index < -0.39 is 0 Å². The minimum Gasteiger partial charge on any atom is -0.314 e. The standard InChI is InChI=1S/C13H24N2/c1-4-8-15-9-6-13(7-10-15)14-11-12(3)5-2/h1,12-14H,5-11H2,2-3H3. The van der Waals surface area contributed by atoms with E-state index >= 15 is 0 Å². The molecule has 1 atom stereocenters. The highest BCUT2D eigenvalue weighted by molar-refractivity contribution is 4.90. The third-order valence-corrected chi connectivity index (χ3v) is 3.35. The second kappa shape index (κ2) is 6.87. The van der Waals surface area contributed by atoms with Crippen molar-refractivity contribution in [2.75, 3.05) is 26.2 Å². The first-order valence-electron chi connectivity index (χ1n) is 6.15. The summed E-state index contributed by atoms with van der Waals surface area (Å²) in [6, 6.07) is 0.716. The summed E-state index contributed by atoms with van der Waals surface area (Å²) < 4.78 is 0. The first-order chi connectivity index (χ1) is 7.26. The summed E-state index contributed by atoms with van der Waals surface area (Å²) in [5.41, 5.74) is 0. The Labute approximate surface area is 94.4 Å². The van der Waals surface area contributed by atoms with Crippen molar-refractivity contribution in [3.8, 4) is 12.3 Å². The van der Waals surface area contributed by atoms with Crippen LogP contribution in [0.2, 0.25) is 0 Å². The maximum atomic E-state index is 5.30. The molecule has 0 aliphatic carbocycles. The van der Waals surface area contributed by atoms with Crippen molar-refractivity contribution >= 4 is 0 Å². The van der Waals surface area contributed by atoms with Crippen LogP contribution in [-0.4, -0.2) is 37.1 Å². The van der Waals surface area contributed by atoms with Gasteiger partial charge in [-0.1, -0.05) is 26.2 Å². The Bertz CT molecular complexity index is 199. The number of nitrogens with zero attached hydrogens (tertiary/aromatic N) is 1. The Hall–Kier alpha value is -0.520. The monoisotopic (exact) mass is 208 g/mol. The highest BCUT2D eigenvalue weighted by Gasteiger charge is 2.17. The fourth-order valence-corrected chi connectivity index (χ4v) is 1.94. The molecule has 1 heterocycles. The molecule has 2 heteroatoms. The molecule has 0 bridgehead atoms. The maximum absolute atomic E-state index is 5.30. The predicted molar refractivity (Wildman–Crippen MR) is 65.8 cm³/mol. The minimum atomic E-state index is 0.716. The van der Waals surface area contributed by atoms with Gasteiger partial charge in [0.1, 0.15) is 0 Å². The zero-order chi connectivity index (χ0) is 11.1. The number of rotatable bonds is 5. The van der Waals surface area contributed by atoms with Crippen molar-refractivity contribution in [3.05, 3.63) is 0 Å². The molecule has 0 aromatic carbocycles. The molecule has 0 radical (unpaired) electrons.